The summed E-state index contributed by atoms with van der Waals surface area (Å²) in [7, 11) is 0. The van der Waals surface area contributed by atoms with Crippen LogP contribution in [0.5, 0.6) is 0 Å². The van der Waals surface area contributed by atoms with Crippen molar-refractivity contribution in [1.29, 1.82) is 0 Å². The first-order valence-corrected chi connectivity index (χ1v) is 14.9. The Hall–Kier alpha value is -1.28. The summed E-state index contributed by atoms with van der Waals surface area (Å²) in [5.74, 6) is -0.808. The van der Waals surface area contributed by atoms with Gasteiger partial charge < -0.3 is 24.4 Å². The molecule has 38 heavy (non-hydrogen) atoms. The second-order valence-corrected chi connectivity index (χ2v) is 12.6. The van der Waals surface area contributed by atoms with Crippen molar-refractivity contribution in [2.45, 2.75) is 117 Å². The fourth-order valence-electron chi connectivity index (χ4n) is 8.35. The first-order chi connectivity index (χ1) is 17.9. The highest BCUT2D eigenvalue weighted by Gasteiger charge is 2.76. The van der Waals surface area contributed by atoms with E-state index in [2.05, 4.69) is 13.0 Å². The standard InChI is InChI=1S/C31H49FO6/c1-7-14-36-22-12-13-28(5)21(18-22)10-11-23-24-17-20(4)31(35,29(24,6)19-25(33)30(23,28)32)26(34)27(37-15-8-2)38-16-9-3/h10,18,20,23-25,27,33,35H,7-9,11-17,19H2,1-6H3/t20-,23-,24-,25-,28-,29-,30-,31-/m0/s1. The molecular formula is C31H49FO6. The number of aliphatic hydroxyl groups is 2. The van der Waals surface area contributed by atoms with Crippen molar-refractivity contribution in [3.05, 3.63) is 23.5 Å². The minimum atomic E-state index is -1.86. The summed E-state index contributed by atoms with van der Waals surface area (Å²) in [4.78, 5) is 14.0. The third-order valence-corrected chi connectivity index (χ3v) is 10.4. The number of alkyl halides is 1. The van der Waals surface area contributed by atoms with Gasteiger partial charge in [0, 0.05) is 36.4 Å². The van der Waals surface area contributed by atoms with Crippen LogP contribution in [0, 0.1) is 28.6 Å². The minimum Gasteiger partial charge on any atom is -0.498 e. The molecule has 216 valence electrons. The van der Waals surface area contributed by atoms with E-state index >= 15 is 4.39 Å². The molecule has 0 aromatic rings. The number of allylic oxidation sites excluding steroid dienone is 4. The van der Waals surface area contributed by atoms with Gasteiger partial charge in [-0.3, -0.25) is 4.79 Å². The van der Waals surface area contributed by atoms with Gasteiger partial charge >= 0.3 is 0 Å². The number of aliphatic hydroxyl groups excluding tert-OH is 1. The van der Waals surface area contributed by atoms with E-state index in [1.54, 1.807) is 0 Å². The molecule has 6 nitrogen and oxygen atoms in total. The normalized spacial score (nSPS) is 42.2. The van der Waals surface area contributed by atoms with Gasteiger partial charge in [0.05, 0.1) is 18.5 Å². The van der Waals surface area contributed by atoms with Gasteiger partial charge in [0.2, 0.25) is 12.1 Å². The van der Waals surface area contributed by atoms with E-state index in [1.807, 2.05) is 40.7 Å². The molecule has 0 saturated heterocycles. The number of carbonyl (C=O) groups is 1. The summed E-state index contributed by atoms with van der Waals surface area (Å²) in [6.07, 6.45) is 6.10. The van der Waals surface area contributed by atoms with Crippen molar-refractivity contribution in [3.8, 4) is 0 Å². The molecule has 0 aromatic carbocycles. The molecule has 8 atom stereocenters. The maximum Gasteiger partial charge on any atom is 0.220 e. The van der Waals surface area contributed by atoms with Crippen molar-refractivity contribution in [3.63, 3.8) is 0 Å². The quantitative estimate of drug-likeness (QED) is 0.332. The average Bonchev–Trinajstić information content (AvgIpc) is 3.09. The third kappa shape index (κ3) is 4.22. The van der Waals surface area contributed by atoms with Gasteiger partial charge in [-0.05, 0) is 68.4 Å². The maximum absolute atomic E-state index is 17.6. The Bertz CT molecular complexity index is 941. The molecule has 2 saturated carbocycles. The number of Topliss-reactive ketones (excluding diaryl/α,β-unsaturated/α-hetero) is 1. The van der Waals surface area contributed by atoms with Gasteiger partial charge in [0.1, 0.15) is 11.3 Å². The monoisotopic (exact) mass is 536 g/mol. The first kappa shape index (κ1) is 29.7. The molecule has 7 heteroatoms. The molecule has 4 aliphatic rings. The molecule has 4 rings (SSSR count). The number of hydrogen-bond donors (Lipinski definition) is 2. The first-order valence-electron chi connectivity index (χ1n) is 14.9. The zero-order valence-corrected chi connectivity index (χ0v) is 24.2. The second-order valence-electron chi connectivity index (χ2n) is 12.6. The van der Waals surface area contributed by atoms with E-state index in [9.17, 15) is 15.0 Å². The Labute approximate surface area is 228 Å². The number of ether oxygens (including phenoxy) is 3. The van der Waals surface area contributed by atoms with Crippen LogP contribution in [0.4, 0.5) is 4.39 Å². The van der Waals surface area contributed by atoms with Crippen LogP contribution < -0.4 is 0 Å². The summed E-state index contributed by atoms with van der Waals surface area (Å²) in [6.45, 7) is 13.0. The minimum absolute atomic E-state index is 0.0112. The van der Waals surface area contributed by atoms with Crippen LogP contribution in [0.15, 0.2) is 23.5 Å². The fourth-order valence-corrected chi connectivity index (χ4v) is 8.35. The van der Waals surface area contributed by atoms with Crippen LogP contribution in [0.2, 0.25) is 0 Å². The SMILES string of the molecule is CCCOC1=CC2=CC[C@H]3[C@@H]4C[C@H](C)[C@](O)(C(=O)C(OCCC)OCCC)[C@@]4(C)C[C@H](O)[C@]3(F)[C@@]2(C)CC1. The Morgan fingerprint density at radius 1 is 1.11 bits per heavy atom. The van der Waals surface area contributed by atoms with Gasteiger partial charge in [0.25, 0.3) is 0 Å². The van der Waals surface area contributed by atoms with Gasteiger partial charge in [-0.1, -0.05) is 47.6 Å². The summed E-state index contributed by atoms with van der Waals surface area (Å²) in [5, 5.41) is 23.9. The van der Waals surface area contributed by atoms with E-state index in [0.29, 0.717) is 58.3 Å². The molecule has 0 bridgehead atoms. The van der Waals surface area contributed by atoms with Crippen LogP contribution in [-0.2, 0) is 19.0 Å². The van der Waals surface area contributed by atoms with Crippen LogP contribution in [0.3, 0.4) is 0 Å². The lowest BCUT2D eigenvalue weighted by atomic mass is 9.45. The molecule has 0 aliphatic heterocycles. The number of hydrogen-bond acceptors (Lipinski definition) is 6. The Morgan fingerprint density at radius 3 is 2.34 bits per heavy atom. The number of rotatable bonds is 11. The van der Waals surface area contributed by atoms with Crippen molar-refractivity contribution in [2.24, 2.45) is 28.6 Å². The molecule has 4 aliphatic carbocycles. The predicted octanol–water partition coefficient (Wildman–Crippen LogP) is 5.66. The van der Waals surface area contributed by atoms with E-state index in [0.717, 1.165) is 17.8 Å². The topological polar surface area (TPSA) is 85.2 Å². The third-order valence-electron chi connectivity index (χ3n) is 10.4. The van der Waals surface area contributed by atoms with Crippen LogP contribution in [-0.4, -0.2) is 59.5 Å². The molecule has 2 fully saturated rings. The highest BCUT2D eigenvalue weighted by atomic mass is 19.1. The lowest BCUT2D eigenvalue weighted by molar-refractivity contribution is -0.233. The lowest BCUT2D eigenvalue weighted by Gasteiger charge is -2.62. The number of halogens is 1. The molecular weight excluding hydrogens is 487 g/mol. The zero-order chi connectivity index (χ0) is 27.9. The highest BCUT2D eigenvalue weighted by molar-refractivity contribution is 5.92. The molecule has 2 N–H and O–H groups in total. The van der Waals surface area contributed by atoms with E-state index in [4.69, 9.17) is 14.2 Å². The average molecular weight is 537 g/mol. The summed E-state index contributed by atoms with van der Waals surface area (Å²) < 4.78 is 35.1. The van der Waals surface area contributed by atoms with Crippen molar-refractivity contribution >= 4 is 5.78 Å². The molecule has 0 aromatic heterocycles. The Morgan fingerprint density at radius 2 is 1.74 bits per heavy atom. The molecule has 0 radical (unpaired) electrons. The second kappa shape index (κ2) is 10.9. The van der Waals surface area contributed by atoms with Crippen LogP contribution in [0.25, 0.3) is 0 Å². The summed E-state index contributed by atoms with van der Waals surface area (Å²) in [5.41, 5.74) is -4.62. The summed E-state index contributed by atoms with van der Waals surface area (Å²) >= 11 is 0. The van der Waals surface area contributed by atoms with Crippen LogP contribution >= 0.6 is 0 Å². The highest BCUT2D eigenvalue weighted by Crippen LogP contribution is 2.70. The predicted molar refractivity (Wildman–Crippen MR) is 144 cm³/mol. The largest absolute Gasteiger partial charge is 0.498 e. The molecule has 0 amide bonds. The smallest absolute Gasteiger partial charge is 0.220 e. The van der Waals surface area contributed by atoms with Crippen LogP contribution in [0.1, 0.15) is 92.9 Å². The van der Waals surface area contributed by atoms with E-state index in [1.165, 1.54) is 0 Å². The zero-order valence-electron chi connectivity index (χ0n) is 24.2. The Balaban J connectivity index is 1.70. The van der Waals surface area contributed by atoms with Crippen molar-refractivity contribution < 1.29 is 33.6 Å². The number of ketones is 1. The van der Waals surface area contributed by atoms with E-state index in [-0.39, 0.29) is 12.3 Å². The van der Waals surface area contributed by atoms with E-state index < -0.39 is 52.1 Å². The molecule has 0 unspecified atom stereocenters. The lowest BCUT2D eigenvalue weighted by Crippen LogP contribution is -2.69. The van der Waals surface area contributed by atoms with Gasteiger partial charge in [-0.25, -0.2) is 4.39 Å². The Kier molecular flexibility index (Phi) is 8.55. The number of fused-ring (bicyclic) bond motifs is 5. The molecule has 0 spiro atoms. The van der Waals surface area contributed by atoms with Gasteiger partial charge in [0.15, 0.2) is 0 Å². The van der Waals surface area contributed by atoms with Gasteiger partial charge in [-0.15, -0.1) is 0 Å². The van der Waals surface area contributed by atoms with Crippen molar-refractivity contribution in [1.82, 2.24) is 0 Å². The number of carbonyl (C=O) groups excluding carboxylic acids is 1. The molecule has 0 heterocycles. The maximum atomic E-state index is 17.6. The summed E-state index contributed by atoms with van der Waals surface area (Å²) in [6, 6.07) is 0. The van der Waals surface area contributed by atoms with Gasteiger partial charge in [-0.2, -0.15) is 0 Å². The fraction of sp³-hybridized carbons (Fsp3) is 0.839. The van der Waals surface area contributed by atoms with Crippen molar-refractivity contribution in [2.75, 3.05) is 19.8 Å².